The van der Waals surface area contributed by atoms with Crippen LogP contribution in [0.25, 0.3) is 11.1 Å². The number of hydrogen-bond acceptors (Lipinski definition) is 4. The number of fused-ring (bicyclic) bond motifs is 1. The van der Waals surface area contributed by atoms with E-state index < -0.39 is 9.84 Å². The zero-order valence-electron chi connectivity index (χ0n) is 11.7. The number of hydrogen-bond donors (Lipinski definition) is 1. The van der Waals surface area contributed by atoms with Crippen LogP contribution in [0.3, 0.4) is 0 Å². The van der Waals surface area contributed by atoms with Gasteiger partial charge in [0.1, 0.15) is 11.9 Å². The summed E-state index contributed by atoms with van der Waals surface area (Å²) in [7, 11) is -3.17. The lowest BCUT2D eigenvalue weighted by Crippen LogP contribution is -2.24. The van der Waals surface area contributed by atoms with E-state index in [1.807, 2.05) is 30.3 Å². The molecule has 2 N–H and O–H groups in total. The van der Waals surface area contributed by atoms with Gasteiger partial charge in [0.15, 0.2) is 9.84 Å². The molecule has 4 nitrogen and oxygen atoms in total. The highest BCUT2D eigenvalue weighted by molar-refractivity contribution is 7.90. The number of sulfone groups is 1. The van der Waals surface area contributed by atoms with E-state index in [9.17, 15) is 8.42 Å². The normalized spacial score (nSPS) is 17.3. The number of ether oxygens (including phenoxy) is 1. The van der Waals surface area contributed by atoms with Crippen LogP contribution < -0.4 is 10.5 Å². The van der Waals surface area contributed by atoms with E-state index in [1.54, 1.807) is 12.1 Å². The molecule has 21 heavy (non-hydrogen) atoms. The smallest absolute Gasteiger partial charge is 0.175 e. The molecule has 0 fully saturated rings. The van der Waals surface area contributed by atoms with Crippen molar-refractivity contribution in [2.75, 3.05) is 12.8 Å². The molecule has 5 heteroatoms. The molecule has 0 spiro atoms. The van der Waals surface area contributed by atoms with Gasteiger partial charge < -0.3 is 10.5 Å². The van der Waals surface area contributed by atoms with Gasteiger partial charge in [0.05, 0.1) is 4.90 Å². The minimum atomic E-state index is -3.17. The number of rotatable bonds is 3. The summed E-state index contributed by atoms with van der Waals surface area (Å²) in [4.78, 5) is 0.319. The summed E-state index contributed by atoms with van der Waals surface area (Å²) in [6.45, 7) is 0.487. The monoisotopic (exact) mass is 303 g/mol. The van der Waals surface area contributed by atoms with E-state index >= 15 is 0 Å². The highest BCUT2D eigenvalue weighted by Gasteiger charge is 2.24. The molecule has 0 saturated heterocycles. The standard InChI is InChI=1S/C16H17NO3S/c1-21(18,19)14-7-5-11(6-8-14)15-4-2-3-12-9-13(10-17)20-16(12)15/h2-8,13H,9-10,17H2,1H3/t13-/m1/s1. The van der Waals surface area contributed by atoms with E-state index in [0.717, 1.165) is 28.9 Å². The Morgan fingerprint density at radius 2 is 1.90 bits per heavy atom. The minimum Gasteiger partial charge on any atom is -0.488 e. The number of benzene rings is 2. The van der Waals surface area contributed by atoms with Crippen LogP contribution in [0.1, 0.15) is 5.56 Å². The van der Waals surface area contributed by atoms with Gasteiger partial charge in [-0.1, -0.05) is 30.3 Å². The van der Waals surface area contributed by atoms with Gasteiger partial charge in [-0.3, -0.25) is 0 Å². The van der Waals surface area contributed by atoms with Gasteiger partial charge in [-0.15, -0.1) is 0 Å². The fourth-order valence-electron chi connectivity index (χ4n) is 2.58. The molecule has 1 atom stereocenters. The van der Waals surface area contributed by atoms with E-state index in [2.05, 4.69) is 0 Å². The summed E-state index contributed by atoms with van der Waals surface area (Å²) >= 11 is 0. The Morgan fingerprint density at radius 3 is 2.52 bits per heavy atom. The molecular formula is C16H17NO3S. The summed E-state index contributed by atoms with van der Waals surface area (Å²) in [6.07, 6.45) is 2.05. The summed E-state index contributed by atoms with van der Waals surface area (Å²) in [5, 5.41) is 0. The zero-order chi connectivity index (χ0) is 15.0. The third-order valence-electron chi connectivity index (χ3n) is 3.69. The predicted octanol–water partition coefficient (Wildman–Crippen LogP) is 2.02. The molecule has 0 radical (unpaired) electrons. The highest BCUT2D eigenvalue weighted by atomic mass is 32.2. The van der Waals surface area contributed by atoms with Crippen LogP contribution in [0.4, 0.5) is 0 Å². The van der Waals surface area contributed by atoms with Crippen LogP contribution in [0, 0.1) is 0 Å². The van der Waals surface area contributed by atoms with E-state index in [-0.39, 0.29) is 6.10 Å². The summed E-state index contributed by atoms with van der Waals surface area (Å²) in [5.74, 6) is 0.861. The van der Waals surface area contributed by atoms with Crippen molar-refractivity contribution in [1.29, 1.82) is 0 Å². The second kappa shape index (κ2) is 5.16. The first-order valence-corrected chi connectivity index (χ1v) is 8.67. The van der Waals surface area contributed by atoms with Crippen molar-refractivity contribution in [3.8, 4) is 16.9 Å². The zero-order valence-corrected chi connectivity index (χ0v) is 12.6. The molecule has 0 aliphatic carbocycles. The maximum Gasteiger partial charge on any atom is 0.175 e. The van der Waals surface area contributed by atoms with Crippen LogP contribution in [0.2, 0.25) is 0 Å². The number of para-hydroxylation sites is 1. The van der Waals surface area contributed by atoms with Crippen molar-refractivity contribution in [2.45, 2.75) is 17.4 Å². The van der Waals surface area contributed by atoms with Gasteiger partial charge >= 0.3 is 0 Å². The first-order chi connectivity index (χ1) is 9.99. The molecular weight excluding hydrogens is 286 g/mol. The van der Waals surface area contributed by atoms with Gasteiger partial charge in [0.2, 0.25) is 0 Å². The topological polar surface area (TPSA) is 69.4 Å². The van der Waals surface area contributed by atoms with Crippen LogP contribution in [0.5, 0.6) is 5.75 Å². The first kappa shape index (κ1) is 14.1. The molecule has 3 rings (SSSR count). The van der Waals surface area contributed by atoms with Crippen molar-refractivity contribution in [2.24, 2.45) is 5.73 Å². The molecule has 1 aliphatic heterocycles. The third-order valence-corrected chi connectivity index (χ3v) is 4.81. The Bertz CT molecular complexity index is 767. The van der Waals surface area contributed by atoms with E-state index in [4.69, 9.17) is 10.5 Å². The highest BCUT2D eigenvalue weighted by Crippen LogP contribution is 2.38. The average Bonchev–Trinajstić information content (AvgIpc) is 2.89. The average molecular weight is 303 g/mol. The molecule has 0 amide bonds. The van der Waals surface area contributed by atoms with Gasteiger partial charge in [-0.2, -0.15) is 0 Å². The maximum atomic E-state index is 11.5. The van der Waals surface area contributed by atoms with Crippen molar-refractivity contribution < 1.29 is 13.2 Å². The molecule has 1 aliphatic rings. The van der Waals surface area contributed by atoms with Crippen molar-refractivity contribution in [3.05, 3.63) is 48.0 Å². The van der Waals surface area contributed by atoms with Crippen LogP contribution in [0.15, 0.2) is 47.4 Å². The fourth-order valence-corrected chi connectivity index (χ4v) is 3.21. The number of nitrogens with two attached hydrogens (primary N) is 1. The Morgan fingerprint density at radius 1 is 1.19 bits per heavy atom. The SMILES string of the molecule is CS(=O)(=O)c1ccc(-c2cccc3c2O[C@@H](CN)C3)cc1. The fraction of sp³-hybridized carbons (Fsp3) is 0.250. The summed E-state index contributed by atoms with van der Waals surface area (Å²) in [6, 6.07) is 12.9. The van der Waals surface area contributed by atoms with Gasteiger partial charge in [-0.25, -0.2) is 8.42 Å². The van der Waals surface area contributed by atoms with Gasteiger partial charge in [-0.05, 0) is 23.3 Å². The molecule has 0 bridgehead atoms. The quantitative estimate of drug-likeness (QED) is 0.942. The summed E-state index contributed by atoms with van der Waals surface area (Å²) in [5.41, 5.74) is 8.74. The molecule has 2 aromatic carbocycles. The molecule has 0 aromatic heterocycles. The van der Waals surface area contributed by atoms with Crippen molar-refractivity contribution >= 4 is 9.84 Å². The third kappa shape index (κ3) is 2.66. The van der Waals surface area contributed by atoms with Gasteiger partial charge in [0.25, 0.3) is 0 Å². The lowest BCUT2D eigenvalue weighted by atomic mass is 10.0. The van der Waals surface area contributed by atoms with Crippen LogP contribution in [-0.2, 0) is 16.3 Å². The van der Waals surface area contributed by atoms with Crippen molar-refractivity contribution in [3.63, 3.8) is 0 Å². The Balaban J connectivity index is 2.01. The van der Waals surface area contributed by atoms with Gasteiger partial charge in [0, 0.05) is 24.8 Å². The second-order valence-electron chi connectivity index (χ2n) is 5.27. The van der Waals surface area contributed by atoms with Crippen LogP contribution in [-0.4, -0.2) is 27.3 Å². The van der Waals surface area contributed by atoms with E-state index in [0.29, 0.717) is 11.4 Å². The molecule has 1 heterocycles. The Hall–Kier alpha value is -1.85. The lowest BCUT2D eigenvalue weighted by Gasteiger charge is -2.11. The first-order valence-electron chi connectivity index (χ1n) is 6.78. The Kier molecular flexibility index (Phi) is 3.47. The molecule has 0 unspecified atom stereocenters. The lowest BCUT2D eigenvalue weighted by molar-refractivity contribution is 0.242. The molecule has 2 aromatic rings. The predicted molar refractivity (Wildman–Crippen MR) is 82.2 cm³/mol. The van der Waals surface area contributed by atoms with E-state index in [1.165, 1.54) is 6.26 Å². The maximum absolute atomic E-state index is 11.5. The minimum absolute atomic E-state index is 0.0245. The molecule has 0 saturated carbocycles. The molecule has 110 valence electrons. The van der Waals surface area contributed by atoms with Crippen LogP contribution >= 0.6 is 0 Å². The Labute approximate surface area is 124 Å². The second-order valence-corrected chi connectivity index (χ2v) is 7.29. The largest absolute Gasteiger partial charge is 0.488 e. The van der Waals surface area contributed by atoms with Crippen molar-refractivity contribution in [1.82, 2.24) is 0 Å². The summed E-state index contributed by atoms with van der Waals surface area (Å²) < 4.78 is 28.9.